The molecule has 1 aromatic rings. The van der Waals surface area contributed by atoms with Crippen LogP contribution in [-0.4, -0.2) is 46.1 Å². The third-order valence-corrected chi connectivity index (χ3v) is 5.53. The zero-order valence-electron chi connectivity index (χ0n) is 13.9. The Hall–Kier alpha value is -2.39. The molecule has 0 radical (unpaired) electrons. The first-order chi connectivity index (χ1) is 12.2. The summed E-state index contributed by atoms with van der Waals surface area (Å²) in [5.41, 5.74) is -1.08. The van der Waals surface area contributed by atoms with Crippen LogP contribution in [0.3, 0.4) is 0 Å². The summed E-state index contributed by atoms with van der Waals surface area (Å²) in [7, 11) is 0. The molecule has 2 aliphatic heterocycles. The summed E-state index contributed by atoms with van der Waals surface area (Å²) in [6.45, 7) is 2.64. The maximum Gasteiger partial charge on any atom is 0.433 e. The fourth-order valence-electron chi connectivity index (χ4n) is 3.87. The summed E-state index contributed by atoms with van der Waals surface area (Å²) in [5.74, 6) is -2.20. The van der Waals surface area contributed by atoms with Crippen LogP contribution in [0.4, 0.5) is 24.9 Å². The zero-order chi connectivity index (χ0) is 18.8. The molecule has 0 bridgehead atoms. The maximum atomic E-state index is 13.2. The minimum Gasteiger partial charge on any atom is -0.481 e. The Morgan fingerprint density at radius 3 is 2.58 bits per heavy atom. The van der Waals surface area contributed by atoms with Crippen LogP contribution in [0.2, 0.25) is 0 Å². The lowest BCUT2D eigenvalue weighted by atomic mass is 10.1. The Morgan fingerprint density at radius 1 is 1.38 bits per heavy atom. The molecule has 0 unspecified atom stereocenters. The van der Waals surface area contributed by atoms with Crippen molar-refractivity contribution in [2.75, 3.05) is 22.9 Å². The van der Waals surface area contributed by atoms with Gasteiger partial charge in [0.2, 0.25) is 11.9 Å². The number of carbonyl (C=O) groups excluding carboxylic acids is 1. The van der Waals surface area contributed by atoms with Gasteiger partial charge in [-0.1, -0.05) is 0 Å². The van der Waals surface area contributed by atoms with Crippen molar-refractivity contribution in [1.82, 2.24) is 9.97 Å². The lowest BCUT2D eigenvalue weighted by Gasteiger charge is -2.39. The molecule has 4 rings (SSSR count). The Morgan fingerprint density at radius 2 is 2.12 bits per heavy atom. The second-order valence-corrected chi connectivity index (χ2v) is 7.14. The van der Waals surface area contributed by atoms with E-state index in [1.807, 2.05) is 6.92 Å². The number of anilines is 2. The van der Waals surface area contributed by atoms with Gasteiger partial charge in [-0.05, 0) is 25.2 Å². The van der Waals surface area contributed by atoms with E-state index in [0.717, 1.165) is 12.5 Å². The molecule has 7 nitrogen and oxygen atoms in total. The number of carbonyl (C=O) groups is 2. The highest BCUT2D eigenvalue weighted by Crippen LogP contribution is 2.55. The first-order valence-electron chi connectivity index (χ1n) is 8.43. The van der Waals surface area contributed by atoms with E-state index in [1.54, 1.807) is 4.90 Å². The minimum absolute atomic E-state index is 0.0240. The van der Waals surface area contributed by atoms with Crippen molar-refractivity contribution in [3.63, 3.8) is 0 Å². The number of nitrogens with zero attached hydrogens (tertiary/aromatic N) is 4. The van der Waals surface area contributed by atoms with Crippen LogP contribution in [-0.2, 0) is 15.8 Å². The van der Waals surface area contributed by atoms with Crippen LogP contribution in [0.1, 0.15) is 25.5 Å². The lowest BCUT2D eigenvalue weighted by Crippen LogP contribution is -2.47. The normalized spacial score (nSPS) is 30.2. The SMILES string of the molecule is C[C@H]1CCN1c1nc(N2C[C@@H]3[C@@H](CC(=O)O)[C@@H]3C2=O)cc(C(F)(F)F)n1. The van der Waals surface area contributed by atoms with Crippen LogP contribution in [0.25, 0.3) is 0 Å². The van der Waals surface area contributed by atoms with Gasteiger partial charge >= 0.3 is 12.1 Å². The summed E-state index contributed by atoms with van der Waals surface area (Å²) in [6.07, 6.45) is -3.89. The van der Waals surface area contributed by atoms with Gasteiger partial charge in [-0.3, -0.25) is 14.5 Å². The number of rotatable bonds is 4. The van der Waals surface area contributed by atoms with Gasteiger partial charge < -0.3 is 10.0 Å². The standard InChI is InChI=1S/C16H17F3N4O3/c1-7-2-3-22(7)15-20-10(16(17,18)19)5-11(21-15)23-6-9-8(4-12(24)25)13(9)14(23)26/h5,7-9,13H,2-4,6H2,1H3,(H,24,25)/t7-,8+,9+,13-/m0/s1. The number of aromatic nitrogens is 2. The number of halogens is 3. The van der Waals surface area contributed by atoms with Crippen LogP contribution < -0.4 is 9.80 Å². The van der Waals surface area contributed by atoms with Crippen molar-refractivity contribution >= 4 is 23.6 Å². The second kappa shape index (κ2) is 5.55. The molecule has 3 heterocycles. The van der Waals surface area contributed by atoms with E-state index in [2.05, 4.69) is 9.97 Å². The first kappa shape index (κ1) is 17.0. The van der Waals surface area contributed by atoms with Crippen LogP contribution in [0.15, 0.2) is 6.07 Å². The van der Waals surface area contributed by atoms with Gasteiger partial charge in [-0.15, -0.1) is 0 Å². The third-order valence-electron chi connectivity index (χ3n) is 5.53. The summed E-state index contributed by atoms with van der Waals surface area (Å²) in [6, 6.07) is 0.844. The van der Waals surface area contributed by atoms with E-state index in [1.165, 1.54) is 4.90 Å². The van der Waals surface area contributed by atoms with Gasteiger partial charge in [0.05, 0.1) is 0 Å². The molecule has 3 fully saturated rings. The number of carboxylic acids is 1. The van der Waals surface area contributed by atoms with E-state index in [9.17, 15) is 22.8 Å². The molecule has 4 atom stereocenters. The van der Waals surface area contributed by atoms with Crippen molar-refractivity contribution in [2.45, 2.75) is 32.0 Å². The lowest BCUT2D eigenvalue weighted by molar-refractivity contribution is -0.141. The predicted molar refractivity (Wildman–Crippen MR) is 83.5 cm³/mol. The number of piperidine rings is 1. The minimum atomic E-state index is -4.64. The monoisotopic (exact) mass is 370 g/mol. The largest absolute Gasteiger partial charge is 0.481 e. The fourth-order valence-corrected chi connectivity index (χ4v) is 3.87. The van der Waals surface area contributed by atoms with Crippen molar-refractivity contribution in [3.05, 3.63) is 11.8 Å². The van der Waals surface area contributed by atoms with Gasteiger partial charge in [0, 0.05) is 37.5 Å². The molecule has 1 aliphatic carbocycles. The molecule has 26 heavy (non-hydrogen) atoms. The molecule has 0 aromatic carbocycles. The number of fused-ring (bicyclic) bond motifs is 1. The molecule has 1 N–H and O–H groups in total. The van der Waals surface area contributed by atoms with Crippen molar-refractivity contribution in [1.29, 1.82) is 0 Å². The Labute approximate surface area is 146 Å². The van der Waals surface area contributed by atoms with Crippen LogP contribution in [0, 0.1) is 17.8 Å². The molecule has 140 valence electrons. The number of alkyl halides is 3. The van der Waals surface area contributed by atoms with Gasteiger partial charge in [0.15, 0.2) is 5.69 Å². The van der Waals surface area contributed by atoms with E-state index < -0.39 is 23.8 Å². The van der Waals surface area contributed by atoms with E-state index in [0.29, 0.717) is 6.54 Å². The fraction of sp³-hybridized carbons (Fsp3) is 0.625. The van der Waals surface area contributed by atoms with Crippen molar-refractivity contribution in [3.8, 4) is 0 Å². The molecular formula is C16H17F3N4O3. The van der Waals surface area contributed by atoms with Crippen molar-refractivity contribution in [2.24, 2.45) is 17.8 Å². The molecule has 1 amide bonds. The van der Waals surface area contributed by atoms with E-state index >= 15 is 0 Å². The van der Waals surface area contributed by atoms with E-state index in [-0.39, 0.29) is 48.5 Å². The number of carboxylic acid groups (broad SMARTS) is 1. The maximum absolute atomic E-state index is 13.2. The molecule has 3 aliphatic rings. The summed E-state index contributed by atoms with van der Waals surface area (Å²) >= 11 is 0. The Balaban J connectivity index is 1.62. The van der Waals surface area contributed by atoms with Gasteiger partial charge in [0.25, 0.3) is 0 Å². The van der Waals surface area contributed by atoms with Gasteiger partial charge in [0.1, 0.15) is 5.82 Å². The molecule has 0 spiro atoms. The Bertz CT molecular complexity index is 784. The molecule has 1 aromatic heterocycles. The highest BCUT2D eigenvalue weighted by molar-refractivity contribution is 6.00. The molecule has 2 saturated heterocycles. The topological polar surface area (TPSA) is 86.6 Å². The van der Waals surface area contributed by atoms with Crippen LogP contribution in [0.5, 0.6) is 0 Å². The number of aliphatic carboxylic acids is 1. The number of amides is 1. The second-order valence-electron chi connectivity index (χ2n) is 7.14. The molecule has 10 heteroatoms. The quantitative estimate of drug-likeness (QED) is 0.869. The van der Waals surface area contributed by atoms with Crippen LogP contribution >= 0.6 is 0 Å². The van der Waals surface area contributed by atoms with Crippen molar-refractivity contribution < 1.29 is 27.9 Å². The van der Waals surface area contributed by atoms with E-state index in [4.69, 9.17) is 5.11 Å². The first-order valence-corrected chi connectivity index (χ1v) is 8.43. The molecular weight excluding hydrogens is 353 g/mol. The highest BCUT2D eigenvalue weighted by Gasteiger charge is 2.62. The zero-order valence-corrected chi connectivity index (χ0v) is 13.9. The number of hydrogen-bond donors (Lipinski definition) is 1. The summed E-state index contributed by atoms with van der Waals surface area (Å²) in [5, 5.41) is 8.85. The average molecular weight is 370 g/mol. The Kier molecular flexibility index (Phi) is 3.64. The van der Waals surface area contributed by atoms with Gasteiger partial charge in [-0.25, -0.2) is 4.98 Å². The average Bonchev–Trinajstić information content (AvgIpc) is 3.07. The highest BCUT2D eigenvalue weighted by atomic mass is 19.4. The third kappa shape index (κ3) is 2.67. The summed E-state index contributed by atoms with van der Waals surface area (Å²) in [4.78, 5) is 34.1. The van der Waals surface area contributed by atoms with Gasteiger partial charge in [-0.2, -0.15) is 18.2 Å². The molecule has 1 saturated carbocycles. The smallest absolute Gasteiger partial charge is 0.433 e. The number of hydrogen-bond acceptors (Lipinski definition) is 5. The predicted octanol–water partition coefficient (Wildman–Crippen LogP) is 1.78. The summed E-state index contributed by atoms with van der Waals surface area (Å²) < 4.78 is 39.7.